The zero-order valence-corrected chi connectivity index (χ0v) is 18.5. The van der Waals surface area contributed by atoms with E-state index in [1.54, 1.807) is 36.4 Å². The molecule has 3 N–H and O–H groups in total. The van der Waals surface area contributed by atoms with Gasteiger partial charge >= 0.3 is 0 Å². The van der Waals surface area contributed by atoms with Gasteiger partial charge in [-0.3, -0.25) is 19.2 Å². The van der Waals surface area contributed by atoms with E-state index in [-0.39, 0.29) is 35.8 Å². The number of H-pyrrole nitrogens is 1. The highest BCUT2D eigenvalue weighted by Gasteiger charge is 2.32. The first-order valence-electron chi connectivity index (χ1n) is 10.7. The van der Waals surface area contributed by atoms with E-state index in [2.05, 4.69) is 15.6 Å². The molecule has 0 bridgehead atoms. The third-order valence-electron chi connectivity index (χ3n) is 5.61. The number of amides is 2. The van der Waals surface area contributed by atoms with Gasteiger partial charge in [0.2, 0.25) is 0 Å². The minimum Gasteiger partial charge on any atom is -0.467 e. The molecule has 0 spiro atoms. The van der Waals surface area contributed by atoms with Crippen LogP contribution in [0.25, 0.3) is 0 Å². The van der Waals surface area contributed by atoms with Crippen molar-refractivity contribution in [2.45, 2.75) is 39.8 Å². The summed E-state index contributed by atoms with van der Waals surface area (Å²) < 4.78 is 5.20. The lowest BCUT2D eigenvalue weighted by Gasteiger charge is -2.29. The van der Waals surface area contributed by atoms with Crippen molar-refractivity contribution in [2.24, 2.45) is 5.41 Å². The minimum absolute atomic E-state index is 0.0835. The van der Waals surface area contributed by atoms with Crippen molar-refractivity contribution in [3.05, 3.63) is 92.8 Å². The Balaban J connectivity index is 1.42. The van der Waals surface area contributed by atoms with E-state index < -0.39 is 11.5 Å². The van der Waals surface area contributed by atoms with Gasteiger partial charge in [0, 0.05) is 29.8 Å². The number of fused-ring (bicyclic) bond motifs is 1. The highest BCUT2D eigenvalue weighted by atomic mass is 16.3. The van der Waals surface area contributed by atoms with Crippen molar-refractivity contribution in [1.29, 1.82) is 0 Å². The van der Waals surface area contributed by atoms with Gasteiger partial charge in [0.1, 0.15) is 11.3 Å². The largest absolute Gasteiger partial charge is 0.467 e. The van der Waals surface area contributed by atoms with Crippen LogP contribution < -0.4 is 16.2 Å². The molecule has 170 valence electrons. The van der Waals surface area contributed by atoms with Crippen molar-refractivity contribution in [3.8, 4) is 0 Å². The van der Waals surface area contributed by atoms with Crippen LogP contribution in [-0.4, -0.2) is 22.6 Å². The zero-order valence-electron chi connectivity index (χ0n) is 18.5. The van der Waals surface area contributed by atoms with E-state index in [0.717, 1.165) is 0 Å². The summed E-state index contributed by atoms with van der Waals surface area (Å²) in [6.45, 7) is 4.33. The molecule has 1 aliphatic carbocycles. The Bertz CT molecular complexity index is 1270. The number of benzene rings is 1. The first-order valence-corrected chi connectivity index (χ1v) is 10.7. The van der Waals surface area contributed by atoms with Crippen molar-refractivity contribution in [1.82, 2.24) is 15.6 Å². The van der Waals surface area contributed by atoms with Gasteiger partial charge in [0.25, 0.3) is 17.4 Å². The lowest BCUT2D eigenvalue weighted by molar-refractivity contribution is 0.0908. The van der Waals surface area contributed by atoms with Crippen LogP contribution in [0.15, 0.2) is 57.9 Å². The number of aromatic amines is 1. The van der Waals surface area contributed by atoms with E-state index in [9.17, 15) is 19.2 Å². The predicted molar refractivity (Wildman–Crippen MR) is 121 cm³/mol. The Labute approximate surface area is 190 Å². The second-order valence-electron chi connectivity index (χ2n) is 8.99. The lowest BCUT2D eigenvalue weighted by atomic mass is 9.75. The first kappa shape index (κ1) is 22.3. The van der Waals surface area contributed by atoms with Crippen LogP contribution in [0.2, 0.25) is 0 Å². The number of hydrogen-bond acceptors (Lipinski definition) is 5. The fourth-order valence-electron chi connectivity index (χ4n) is 3.98. The van der Waals surface area contributed by atoms with E-state index >= 15 is 0 Å². The van der Waals surface area contributed by atoms with E-state index in [0.29, 0.717) is 41.0 Å². The summed E-state index contributed by atoms with van der Waals surface area (Å²) >= 11 is 0. The Morgan fingerprint density at radius 3 is 2.55 bits per heavy atom. The van der Waals surface area contributed by atoms with E-state index in [1.165, 1.54) is 12.3 Å². The molecule has 1 aromatic carbocycles. The van der Waals surface area contributed by atoms with Crippen LogP contribution in [0.4, 0.5) is 0 Å². The molecule has 0 atom stereocenters. The number of carbonyl (C=O) groups excluding carboxylic acids is 3. The average molecular weight is 447 g/mol. The minimum atomic E-state index is -0.579. The molecule has 0 saturated carbocycles. The van der Waals surface area contributed by atoms with Crippen molar-refractivity contribution < 1.29 is 18.8 Å². The first-order chi connectivity index (χ1) is 15.7. The molecule has 0 aliphatic heterocycles. The summed E-state index contributed by atoms with van der Waals surface area (Å²) in [5, 5.41) is 5.47. The number of aromatic nitrogens is 1. The summed E-state index contributed by atoms with van der Waals surface area (Å²) in [5.74, 6) is -0.291. The Morgan fingerprint density at radius 1 is 1.00 bits per heavy atom. The van der Waals surface area contributed by atoms with Gasteiger partial charge in [0.15, 0.2) is 5.78 Å². The number of nitrogens with one attached hydrogen (secondary N) is 3. The number of rotatable bonds is 6. The number of ketones is 1. The van der Waals surface area contributed by atoms with Gasteiger partial charge in [0.05, 0.1) is 12.8 Å². The zero-order chi connectivity index (χ0) is 23.6. The highest BCUT2D eigenvalue weighted by molar-refractivity contribution is 6.02. The molecular formula is C25H25N3O5. The molecule has 3 aromatic rings. The number of furan rings is 1. The van der Waals surface area contributed by atoms with Gasteiger partial charge in [-0.25, -0.2) is 0 Å². The predicted octanol–water partition coefficient (Wildman–Crippen LogP) is 2.98. The quantitative estimate of drug-likeness (QED) is 0.536. The molecular weight excluding hydrogens is 422 g/mol. The van der Waals surface area contributed by atoms with Gasteiger partial charge in [-0.15, -0.1) is 0 Å². The maximum atomic E-state index is 12.7. The molecule has 4 rings (SSSR count). The van der Waals surface area contributed by atoms with Crippen LogP contribution in [0, 0.1) is 5.41 Å². The second-order valence-corrected chi connectivity index (χ2v) is 8.99. The normalized spacial score (nSPS) is 14.4. The molecule has 8 nitrogen and oxygen atoms in total. The Morgan fingerprint density at radius 2 is 1.79 bits per heavy atom. The van der Waals surface area contributed by atoms with E-state index in [1.807, 2.05) is 13.8 Å². The van der Waals surface area contributed by atoms with Gasteiger partial charge in [-0.05, 0) is 47.7 Å². The number of hydrogen-bond donors (Lipinski definition) is 3. The molecule has 1 aliphatic rings. The molecule has 2 amide bonds. The van der Waals surface area contributed by atoms with Gasteiger partial charge in [-0.2, -0.15) is 0 Å². The molecule has 8 heteroatoms. The third kappa shape index (κ3) is 5.11. The van der Waals surface area contributed by atoms with Crippen LogP contribution in [0.5, 0.6) is 0 Å². The summed E-state index contributed by atoms with van der Waals surface area (Å²) in [5.41, 5.74) is 1.25. The molecule has 0 unspecified atom stereocenters. The summed E-state index contributed by atoms with van der Waals surface area (Å²) in [7, 11) is 0. The number of Topliss-reactive ketones (excluding diaryl/α,β-unsaturated/α-hetero) is 1. The topological polar surface area (TPSA) is 121 Å². The van der Waals surface area contributed by atoms with Gasteiger partial charge < -0.3 is 20.0 Å². The fourth-order valence-corrected chi connectivity index (χ4v) is 3.98. The van der Waals surface area contributed by atoms with Gasteiger partial charge in [-0.1, -0.05) is 26.0 Å². The maximum absolute atomic E-state index is 12.7. The van der Waals surface area contributed by atoms with Crippen LogP contribution in [0.1, 0.15) is 68.4 Å². The van der Waals surface area contributed by atoms with Crippen LogP contribution >= 0.6 is 0 Å². The maximum Gasteiger partial charge on any atom is 0.261 e. The molecule has 33 heavy (non-hydrogen) atoms. The Kier molecular flexibility index (Phi) is 6.00. The molecule has 0 radical (unpaired) electrons. The summed E-state index contributed by atoms with van der Waals surface area (Å²) in [4.78, 5) is 52.8. The fraction of sp³-hybridized carbons (Fsp3) is 0.280. The third-order valence-corrected chi connectivity index (χ3v) is 5.61. The smallest absolute Gasteiger partial charge is 0.261 e. The second kappa shape index (κ2) is 8.90. The highest BCUT2D eigenvalue weighted by Crippen LogP contribution is 2.33. The molecule has 0 saturated heterocycles. The monoisotopic (exact) mass is 447 g/mol. The van der Waals surface area contributed by atoms with Crippen molar-refractivity contribution in [3.63, 3.8) is 0 Å². The van der Waals surface area contributed by atoms with Crippen molar-refractivity contribution in [2.75, 3.05) is 0 Å². The SMILES string of the molecule is CC1(C)CC(=O)c2cc(C(=O)NCc3cccc(C(=O)NCc4ccco4)c3)c(=O)[nH]c2C1. The number of pyridine rings is 1. The lowest BCUT2D eigenvalue weighted by Crippen LogP contribution is -2.34. The van der Waals surface area contributed by atoms with E-state index in [4.69, 9.17) is 4.42 Å². The molecule has 2 aromatic heterocycles. The number of carbonyl (C=O) groups is 3. The average Bonchev–Trinajstić information content (AvgIpc) is 3.28. The summed E-state index contributed by atoms with van der Waals surface area (Å²) in [6, 6.07) is 11.7. The summed E-state index contributed by atoms with van der Waals surface area (Å²) in [6.07, 6.45) is 2.47. The van der Waals surface area contributed by atoms with Crippen molar-refractivity contribution >= 4 is 17.6 Å². The Hall–Kier alpha value is -3.94. The van der Waals surface area contributed by atoms with Crippen LogP contribution in [0.3, 0.4) is 0 Å². The molecule has 2 heterocycles. The van der Waals surface area contributed by atoms with Crippen LogP contribution in [-0.2, 0) is 19.5 Å². The standard InChI is InChI=1S/C25H25N3O5/c1-25(2)11-20-18(21(29)12-25)10-19(24(32)28-20)23(31)26-13-15-5-3-6-16(9-15)22(30)27-14-17-7-4-8-33-17/h3-10H,11-14H2,1-2H3,(H,26,31)(H,27,30)(H,28,32). The molecule has 0 fully saturated rings.